The molecule has 0 unspecified atom stereocenters. The molecule has 0 atom stereocenters. The van der Waals surface area contributed by atoms with Crippen molar-refractivity contribution in [1.29, 1.82) is 0 Å². The Balaban J connectivity index is 1.73. The van der Waals surface area contributed by atoms with Gasteiger partial charge in [0.25, 0.3) is 15.9 Å². The predicted octanol–water partition coefficient (Wildman–Crippen LogP) is 3.32. The van der Waals surface area contributed by atoms with E-state index < -0.39 is 21.5 Å². The molecule has 1 amide bonds. The van der Waals surface area contributed by atoms with Crippen LogP contribution in [0.4, 0.5) is 11.6 Å². The Bertz CT molecular complexity index is 1310. The highest BCUT2D eigenvalue weighted by Crippen LogP contribution is 2.31. The molecule has 0 saturated heterocycles. The summed E-state index contributed by atoms with van der Waals surface area (Å²) in [6.07, 6.45) is 2.80. The maximum absolute atomic E-state index is 13.6. The van der Waals surface area contributed by atoms with Crippen molar-refractivity contribution in [3.05, 3.63) is 77.6 Å². The van der Waals surface area contributed by atoms with Crippen molar-refractivity contribution in [3.63, 3.8) is 0 Å². The van der Waals surface area contributed by atoms with Gasteiger partial charge in [0.15, 0.2) is 0 Å². The Kier molecular flexibility index (Phi) is 6.05. The second kappa shape index (κ2) is 8.80. The second-order valence-corrected chi connectivity index (χ2v) is 10.1. The minimum Gasteiger partial charge on any atom is -0.353 e. The standard InChI is InChI=1S/C22H21ClN6O3S/c1-22(2)14-25-21(28-20(30)15-8-10-16(23)11-9-15)27-18-6-3-7-19(26-18)29(22)33(31,32)17-5-4-12-24-13-17/h3-13H,14H2,1-2H3,(H2,25,26,27,28,30). The van der Waals surface area contributed by atoms with Crippen LogP contribution in [0.25, 0.3) is 0 Å². The fourth-order valence-corrected chi connectivity index (χ4v) is 5.18. The Morgan fingerprint density at radius 3 is 2.58 bits per heavy atom. The van der Waals surface area contributed by atoms with Crippen molar-refractivity contribution in [2.75, 3.05) is 16.2 Å². The zero-order valence-electron chi connectivity index (χ0n) is 17.9. The maximum atomic E-state index is 13.6. The van der Waals surface area contributed by atoms with E-state index in [4.69, 9.17) is 11.6 Å². The van der Waals surface area contributed by atoms with Gasteiger partial charge < -0.3 is 10.6 Å². The molecule has 0 aliphatic carbocycles. The zero-order valence-corrected chi connectivity index (χ0v) is 19.4. The van der Waals surface area contributed by atoms with Crippen LogP contribution in [0.5, 0.6) is 0 Å². The highest BCUT2D eigenvalue weighted by atomic mass is 35.5. The van der Waals surface area contributed by atoms with Crippen LogP contribution in [0, 0.1) is 0 Å². The number of nitrogens with one attached hydrogen (secondary N) is 2. The van der Waals surface area contributed by atoms with Gasteiger partial charge in [0.05, 0.1) is 5.54 Å². The van der Waals surface area contributed by atoms with Crippen molar-refractivity contribution in [2.24, 2.45) is 4.99 Å². The number of rotatable bonds is 3. The van der Waals surface area contributed by atoms with Gasteiger partial charge >= 0.3 is 0 Å². The maximum Gasteiger partial charge on any atom is 0.280 e. The topological polar surface area (TPSA) is 117 Å². The molecule has 0 radical (unpaired) electrons. The lowest BCUT2D eigenvalue weighted by atomic mass is 10.1. The first kappa shape index (κ1) is 22.7. The van der Waals surface area contributed by atoms with Crippen LogP contribution in [0.2, 0.25) is 5.02 Å². The van der Waals surface area contributed by atoms with E-state index in [2.05, 4.69) is 25.6 Å². The first-order chi connectivity index (χ1) is 15.7. The van der Waals surface area contributed by atoms with Crippen LogP contribution in [0.1, 0.15) is 24.2 Å². The number of aromatic nitrogens is 2. The van der Waals surface area contributed by atoms with E-state index in [0.29, 0.717) is 16.4 Å². The normalized spacial score (nSPS) is 16.7. The molecular formula is C22H21ClN6O3S. The van der Waals surface area contributed by atoms with Gasteiger partial charge in [0.1, 0.15) is 16.5 Å². The quantitative estimate of drug-likeness (QED) is 0.585. The fraction of sp³-hybridized carbons (Fsp3) is 0.182. The highest BCUT2D eigenvalue weighted by Gasteiger charge is 2.39. The van der Waals surface area contributed by atoms with Gasteiger partial charge in [-0.1, -0.05) is 17.7 Å². The monoisotopic (exact) mass is 484 g/mol. The van der Waals surface area contributed by atoms with Crippen molar-refractivity contribution in [2.45, 2.75) is 24.3 Å². The summed E-state index contributed by atoms with van der Waals surface area (Å²) in [7, 11) is -3.99. The summed E-state index contributed by atoms with van der Waals surface area (Å²) >= 11 is 5.89. The number of amides is 1. The average Bonchev–Trinajstić information content (AvgIpc) is 2.81. The number of hydrogen-bond acceptors (Lipinski definition) is 5. The summed E-state index contributed by atoms with van der Waals surface area (Å²) in [4.78, 5) is 25.3. The summed E-state index contributed by atoms with van der Waals surface area (Å²) in [5.41, 5.74) is -0.631. The molecule has 4 rings (SSSR count). The lowest BCUT2D eigenvalue weighted by molar-refractivity contribution is 0.100. The van der Waals surface area contributed by atoms with E-state index in [1.807, 2.05) is 0 Å². The number of hydrogen-bond donors (Lipinski definition) is 2. The number of halogens is 1. The van der Waals surface area contributed by atoms with E-state index in [1.54, 1.807) is 62.4 Å². The predicted molar refractivity (Wildman–Crippen MR) is 127 cm³/mol. The first-order valence-corrected chi connectivity index (χ1v) is 11.8. The van der Waals surface area contributed by atoms with Crippen molar-refractivity contribution in [3.8, 4) is 0 Å². The zero-order chi connectivity index (χ0) is 23.6. The molecule has 0 saturated carbocycles. The largest absolute Gasteiger partial charge is 0.353 e. The molecule has 11 heteroatoms. The van der Waals surface area contributed by atoms with Gasteiger partial charge in [-0.2, -0.15) is 4.99 Å². The number of anilines is 2. The van der Waals surface area contributed by atoms with Gasteiger partial charge in [-0.05, 0) is 62.4 Å². The third-order valence-corrected chi connectivity index (χ3v) is 7.16. The van der Waals surface area contributed by atoms with Crippen molar-refractivity contribution in [1.82, 2.24) is 15.3 Å². The van der Waals surface area contributed by atoms with Gasteiger partial charge in [0.2, 0.25) is 5.96 Å². The number of fused-ring (bicyclic) bond motifs is 2. The average molecular weight is 485 g/mol. The van der Waals surface area contributed by atoms with Crippen LogP contribution in [0.15, 0.2) is 76.9 Å². The van der Waals surface area contributed by atoms with Crippen LogP contribution < -0.4 is 14.9 Å². The van der Waals surface area contributed by atoms with Crippen molar-refractivity contribution < 1.29 is 13.2 Å². The summed E-state index contributed by atoms with van der Waals surface area (Å²) in [6.45, 7) is 3.64. The van der Waals surface area contributed by atoms with Gasteiger partial charge in [0, 0.05) is 29.5 Å². The molecule has 2 aromatic heterocycles. The van der Waals surface area contributed by atoms with E-state index in [9.17, 15) is 13.2 Å². The highest BCUT2D eigenvalue weighted by molar-refractivity contribution is 7.92. The number of pyridine rings is 2. The van der Waals surface area contributed by atoms with Gasteiger partial charge in [-0.25, -0.2) is 17.7 Å². The SMILES string of the molecule is CC1(C)CN/C(=N/C(=O)c2ccc(Cl)cc2)Nc2cccc(n2)N1S(=O)(=O)c1cccnc1. The minimum atomic E-state index is -3.99. The van der Waals surface area contributed by atoms with E-state index in [-0.39, 0.29) is 23.2 Å². The van der Waals surface area contributed by atoms with Gasteiger partial charge in [-0.15, -0.1) is 0 Å². The Hall–Kier alpha value is -3.50. The van der Waals surface area contributed by atoms with E-state index in [1.165, 1.54) is 22.8 Å². The number of guanidine groups is 1. The minimum absolute atomic E-state index is 0.0456. The van der Waals surface area contributed by atoms with Crippen molar-refractivity contribution >= 4 is 45.1 Å². The Morgan fingerprint density at radius 2 is 1.88 bits per heavy atom. The second-order valence-electron chi connectivity index (χ2n) is 7.90. The van der Waals surface area contributed by atoms with Crippen LogP contribution in [0.3, 0.4) is 0 Å². The van der Waals surface area contributed by atoms with Gasteiger partial charge in [-0.3, -0.25) is 9.78 Å². The smallest absolute Gasteiger partial charge is 0.280 e. The molecular weight excluding hydrogens is 464 g/mol. The molecule has 1 aromatic carbocycles. The molecule has 0 fully saturated rings. The number of aliphatic imine (C=N–C) groups is 1. The molecule has 3 aromatic rings. The third kappa shape index (κ3) is 4.81. The lowest BCUT2D eigenvalue weighted by Crippen LogP contribution is -2.54. The van der Waals surface area contributed by atoms with E-state index in [0.717, 1.165) is 0 Å². The molecule has 3 heterocycles. The molecule has 1 aliphatic heterocycles. The molecule has 0 spiro atoms. The van der Waals surface area contributed by atoms with Crippen LogP contribution in [-0.4, -0.2) is 42.3 Å². The third-order valence-electron chi connectivity index (χ3n) is 4.90. The molecule has 33 heavy (non-hydrogen) atoms. The van der Waals surface area contributed by atoms with Crippen LogP contribution >= 0.6 is 11.6 Å². The first-order valence-electron chi connectivity index (χ1n) is 9.99. The lowest BCUT2D eigenvalue weighted by Gasteiger charge is -2.38. The molecule has 2 N–H and O–H groups in total. The molecule has 1 aliphatic rings. The van der Waals surface area contributed by atoms with Crippen LogP contribution in [-0.2, 0) is 10.0 Å². The molecule has 2 bridgehead atoms. The number of nitrogens with zero attached hydrogens (tertiary/aromatic N) is 4. The summed E-state index contributed by atoms with van der Waals surface area (Å²) in [5, 5.41) is 6.54. The number of carbonyl (C=O) groups excluding carboxylic acids is 1. The molecule has 9 nitrogen and oxygen atoms in total. The summed E-state index contributed by atoms with van der Waals surface area (Å²) < 4.78 is 28.4. The fourth-order valence-electron chi connectivity index (χ4n) is 3.33. The summed E-state index contributed by atoms with van der Waals surface area (Å²) in [6, 6.07) is 14.4. The number of benzene rings is 1. The summed E-state index contributed by atoms with van der Waals surface area (Å²) in [5.74, 6) is 0.204. The Labute approximate surface area is 196 Å². The number of sulfonamides is 1. The molecule has 170 valence electrons. The number of carbonyl (C=O) groups is 1. The van der Waals surface area contributed by atoms with E-state index >= 15 is 0 Å². The Morgan fingerprint density at radius 1 is 1.12 bits per heavy atom.